The SMILES string of the molecule is CC[Si](CC)(CC)O[C@H]1C(=O)[C@]2(C)C(OC(=O)OC)C[C@H]3OC[C@@]3(OC(C)=O)C2[C@H](OC(=O)c2ccccc2)[C@]2(O)C[C@H](O)C(C)=C1C2(C)C. The molecule has 9 atom stereocenters. The Morgan fingerprint density at radius 2 is 1.64 bits per heavy atom. The maximum atomic E-state index is 15.9. The lowest BCUT2D eigenvalue weighted by molar-refractivity contribution is -0.345. The smallest absolute Gasteiger partial charge is 0.455 e. The fraction of sp³-hybridized carbons (Fsp3) is 0.676. The maximum absolute atomic E-state index is 15.9. The van der Waals surface area contributed by atoms with Crippen LogP contribution < -0.4 is 0 Å². The number of ketones is 1. The average molecular weight is 717 g/mol. The van der Waals surface area contributed by atoms with Gasteiger partial charge < -0.3 is 38.3 Å². The molecule has 3 fully saturated rings. The van der Waals surface area contributed by atoms with E-state index in [1.165, 1.54) is 6.92 Å². The zero-order valence-corrected chi connectivity index (χ0v) is 31.6. The van der Waals surface area contributed by atoms with Crippen molar-refractivity contribution in [2.45, 2.75) is 128 Å². The summed E-state index contributed by atoms with van der Waals surface area (Å²) in [6, 6.07) is 10.3. The Morgan fingerprint density at radius 3 is 2.16 bits per heavy atom. The molecule has 3 aliphatic carbocycles. The van der Waals surface area contributed by atoms with E-state index in [0.717, 1.165) is 7.11 Å². The summed E-state index contributed by atoms with van der Waals surface area (Å²) < 4.78 is 36.5. The van der Waals surface area contributed by atoms with Gasteiger partial charge in [-0.2, -0.15) is 0 Å². The normalized spacial score (nSPS) is 36.1. The molecule has 2 N–H and O–H groups in total. The summed E-state index contributed by atoms with van der Waals surface area (Å²) in [5.74, 6) is -3.32. The van der Waals surface area contributed by atoms with Gasteiger partial charge in [-0.25, -0.2) is 9.59 Å². The van der Waals surface area contributed by atoms with Gasteiger partial charge in [0.25, 0.3) is 0 Å². The molecule has 276 valence electrons. The molecule has 1 saturated heterocycles. The predicted molar refractivity (Wildman–Crippen MR) is 183 cm³/mol. The minimum atomic E-state index is -2.63. The van der Waals surface area contributed by atoms with Crippen molar-refractivity contribution in [3.8, 4) is 0 Å². The lowest BCUT2D eigenvalue weighted by Crippen LogP contribution is -2.82. The molecule has 1 heterocycles. The second-order valence-electron chi connectivity index (χ2n) is 15.1. The fourth-order valence-corrected chi connectivity index (χ4v) is 12.0. The zero-order chi connectivity index (χ0) is 37.0. The van der Waals surface area contributed by atoms with Gasteiger partial charge >= 0.3 is 18.1 Å². The summed E-state index contributed by atoms with van der Waals surface area (Å²) in [6.07, 6.45) is -7.67. The van der Waals surface area contributed by atoms with E-state index in [9.17, 15) is 24.6 Å². The third-order valence-corrected chi connectivity index (χ3v) is 17.2. The summed E-state index contributed by atoms with van der Waals surface area (Å²) in [4.78, 5) is 55.8. The first-order valence-corrected chi connectivity index (χ1v) is 20.1. The highest BCUT2D eigenvalue weighted by atomic mass is 28.4. The first kappa shape index (κ1) is 38.1. The van der Waals surface area contributed by atoms with E-state index in [2.05, 4.69) is 0 Å². The number of aliphatic hydroxyl groups excluding tert-OH is 1. The second-order valence-corrected chi connectivity index (χ2v) is 19.8. The number of rotatable bonds is 9. The summed E-state index contributed by atoms with van der Waals surface area (Å²) in [6.45, 7) is 14.0. The number of ether oxygens (including phenoxy) is 5. The Kier molecular flexibility index (Phi) is 10.3. The van der Waals surface area contributed by atoms with Gasteiger partial charge in [-0.3, -0.25) is 9.59 Å². The van der Waals surface area contributed by atoms with E-state index in [4.69, 9.17) is 28.1 Å². The summed E-state index contributed by atoms with van der Waals surface area (Å²) in [5.41, 5.74) is -5.79. The highest BCUT2D eigenvalue weighted by Gasteiger charge is 2.79. The van der Waals surface area contributed by atoms with Crippen LogP contribution in [0, 0.1) is 16.7 Å². The van der Waals surface area contributed by atoms with E-state index >= 15 is 4.79 Å². The largest absolute Gasteiger partial charge is 0.508 e. The molecule has 1 aromatic rings. The molecule has 5 rings (SSSR count). The molecule has 0 amide bonds. The van der Waals surface area contributed by atoms with Crippen molar-refractivity contribution in [2.24, 2.45) is 16.7 Å². The molecule has 12 nitrogen and oxygen atoms in total. The third-order valence-electron chi connectivity index (χ3n) is 12.6. The molecular formula is C37H52O12Si. The molecule has 2 unspecified atom stereocenters. The molecule has 1 aromatic carbocycles. The number of esters is 2. The van der Waals surface area contributed by atoms with Crippen molar-refractivity contribution < 1.29 is 57.5 Å². The second kappa shape index (κ2) is 13.5. The summed E-state index contributed by atoms with van der Waals surface area (Å²) >= 11 is 0. The van der Waals surface area contributed by atoms with E-state index in [1.807, 2.05) is 20.8 Å². The molecule has 2 bridgehead atoms. The molecule has 0 aromatic heterocycles. The maximum Gasteiger partial charge on any atom is 0.508 e. The highest BCUT2D eigenvalue weighted by Crippen LogP contribution is 2.65. The monoisotopic (exact) mass is 716 g/mol. The van der Waals surface area contributed by atoms with Crippen LogP contribution in [0.4, 0.5) is 4.79 Å². The first-order chi connectivity index (χ1) is 23.4. The van der Waals surface area contributed by atoms with Crippen LogP contribution in [0.2, 0.25) is 18.1 Å². The quantitative estimate of drug-likeness (QED) is 0.154. The van der Waals surface area contributed by atoms with Crippen LogP contribution in [0.1, 0.15) is 78.6 Å². The van der Waals surface area contributed by atoms with Gasteiger partial charge in [0.1, 0.15) is 30.0 Å². The van der Waals surface area contributed by atoms with E-state index in [1.54, 1.807) is 58.0 Å². The highest BCUT2D eigenvalue weighted by molar-refractivity contribution is 6.73. The van der Waals surface area contributed by atoms with Crippen molar-refractivity contribution in [2.75, 3.05) is 13.7 Å². The van der Waals surface area contributed by atoms with Crippen molar-refractivity contribution in [3.63, 3.8) is 0 Å². The molecule has 1 aliphatic heterocycles. The molecule has 0 spiro atoms. The van der Waals surface area contributed by atoms with Gasteiger partial charge in [-0.05, 0) is 55.3 Å². The van der Waals surface area contributed by atoms with Crippen molar-refractivity contribution in [3.05, 3.63) is 47.0 Å². The number of methoxy groups -OCH3 is 1. The van der Waals surface area contributed by atoms with Crippen molar-refractivity contribution >= 4 is 32.2 Å². The van der Waals surface area contributed by atoms with Gasteiger partial charge in [0.15, 0.2) is 19.7 Å². The molecule has 13 heteroatoms. The van der Waals surface area contributed by atoms with E-state index in [-0.39, 0.29) is 25.0 Å². The fourth-order valence-electron chi connectivity index (χ4n) is 9.30. The van der Waals surface area contributed by atoms with Gasteiger partial charge in [0, 0.05) is 25.2 Å². The average Bonchev–Trinajstić information content (AvgIpc) is 3.08. The van der Waals surface area contributed by atoms with Gasteiger partial charge in [0.05, 0.1) is 36.7 Å². The minimum absolute atomic E-state index is 0.0619. The Labute approximate surface area is 294 Å². The molecule has 0 radical (unpaired) electrons. The van der Waals surface area contributed by atoms with Crippen molar-refractivity contribution in [1.82, 2.24) is 0 Å². The van der Waals surface area contributed by atoms with Crippen molar-refractivity contribution in [1.29, 1.82) is 0 Å². The summed E-state index contributed by atoms with van der Waals surface area (Å²) in [5, 5.41) is 25.1. The Bertz CT molecular complexity index is 1530. The first-order valence-electron chi connectivity index (χ1n) is 17.6. The van der Waals surface area contributed by atoms with Gasteiger partial charge in [-0.1, -0.05) is 52.8 Å². The topological polar surface area (TPSA) is 164 Å². The lowest BCUT2D eigenvalue weighted by Gasteiger charge is -2.67. The molecule has 4 aliphatic rings. The number of carbonyl (C=O) groups excluding carboxylic acids is 4. The van der Waals surface area contributed by atoms with Crippen LogP contribution in [0.3, 0.4) is 0 Å². The number of hydrogen-bond acceptors (Lipinski definition) is 12. The predicted octanol–water partition coefficient (Wildman–Crippen LogP) is 4.90. The molecular weight excluding hydrogens is 664 g/mol. The number of aliphatic hydroxyl groups is 2. The van der Waals surface area contributed by atoms with Crippen LogP contribution in [-0.4, -0.2) is 97.8 Å². The number of carbonyl (C=O) groups is 4. The van der Waals surface area contributed by atoms with E-state index in [0.29, 0.717) is 29.3 Å². The van der Waals surface area contributed by atoms with Crippen LogP contribution in [-0.2, 0) is 37.7 Å². The van der Waals surface area contributed by atoms with Crippen LogP contribution >= 0.6 is 0 Å². The Hall–Kier alpha value is -3.10. The number of benzene rings is 1. The lowest BCUT2D eigenvalue weighted by atomic mass is 9.44. The van der Waals surface area contributed by atoms with Crippen LogP contribution in [0.15, 0.2) is 41.5 Å². The standard InChI is InChI=1S/C37H52O12Si/c1-10-50(11-2,12-3)49-28-27-21(4)24(39)19-37(43,34(27,6)7)31(47-32(41)23-16-14-13-15-17-23)29-35(8,30(28)40)25(46-33(42)44-9)18-26-36(29,20-45-26)48-22(5)38/h13-17,24-26,28-29,31,39,43H,10-12,18-20H2,1-9H3/t24-,25?,26+,28+,29?,31-,35+,36-,37+/m0/s1. The van der Waals surface area contributed by atoms with Gasteiger partial charge in [0.2, 0.25) is 0 Å². The number of hydrogen-bond donors (Lipinski definition) is 2. The molecule has 2 saturated carbocycles. The molecule has 50 heavy (non-hydrogen) atoms. The number of Topliss-reactive ketones (excluding diaryl/α,β-unsaturated/α-hetero) is 1. The third kappa shape index (κ3) is 5.64. The Balaban J connectivity index is 1.89. The summed E-state index contributed by atoms with van der Waals surface area (Å²) in [7, 11) is -1.47. The Morgan fingerprint density at radius 1 is 1.02 bits per heavy atom. The minimum Gasteiger partial charge on any atom is -0.455 e. The zero-order valence-electron chi connectivity index (χ0n) is 30.6. The van der Waals surface area contributed by atoms with Gasteiger partial charge in [-0.15, -0.1) is 0 Å². The van der Waals surface area contributed by atoms with E-state index < -0.39 is 90.7 Å². The van der Waals surface area contributed by atoms with Crippen LogP contribution in [0.25, 0.3) is 0 Å². The van der Waals surface area contributed by atoms with Crippen LogP contribution in [0.5, 0.6) is 0 Å². The number of fused-ring (bicyclic) bond motifs is 5.